The van der Waals surface area contributed by atoms with Gasteiger partial charge in [0.05, 0.1) is 6.61 Å². The van der Waals surface area contributed by atoms with Crippen LogP contribution < -0.4 is 0 Å². The highest BCUT2D eigenvalue weighted by molar-refractivity contribution is 5.47. The lowest BCUT2D eigenvalue weighted by molar-refractivity contribution is 0.00996. The minimum Gasteiger partial charge on any atom is -0.377 e. The number of rotatable bonds is 12. The van der Waals surface area contributed by atoms with E-state index in [2.05, 4.69) is 79.4 Å². The van der Waals surface area contributed by atoms with Crippen LogP contribution in [0.1, 0.15) is 36.0 Å². The van der Waals surface area contributed by atoms with E-state index >= 15 is 0 Å². The van der Waals surface area contributed by atoms with Gasteiger partial charge in [0.15, 0.2) is 0 Å². The summed E-state index contributed by atoms with van der Waals surface area (Å²) < 4.78 is 12.2. The first kappa shape index (κ1) is 21.0. The van der Waals surface area contributed by atoms with Crippen molar-refractivity contribution in [3.05, 3.63) is 120 Å². The Hall–Kier alpha value is -2.68. The molecule has 0 atom stereocenters. The van der Waals surface area contributed by atoms with Crippen LogP contribution in [0.2, 0.25) is 0 Å². The first-order valence-corrected chi connectivity index (χ1v) is 10.4. The van der Waals surface area contributed by atoms with E-state index in [1.807, 2.05) is 18.2 Å². The minimum absolute atomic E-state index is 0.621. The summed E-state index contributed by atoms with van der Waals surface area (Å²) in [6, 6.07) is 31.6. The van der Waals surface area contributed by atoms with Gasteiger partial charge in [-0.15, -0.1) is 6.58 Å². The molecule has 0 spiro atoms. The molecule has 0 aliphatic heterocycles. The fourth-order valence-electron chi connectivity index (χ4n) is 3.64. The van der Waals surface area contributed by atoms with Crippen LogP contribution in [0.3, 0.4) is 0 Å². The third-order valence-corrected chi connectivity index (χ3v) is 5.03. The number of hydrogen-bond donors (Lipinski definition) is 0. The van der Waals surface area contributed by atoms with Crippen molar-refractivity contribution in [1.82, 2.24) is 0 Å². The molecule has 2 nitrogen and oxygen atoms in total. The molecule has 3 aromatic rings. The topological polar surface area (TPSA) is 18.5 Å². The number of hydrogen-bond acceptors (Lipinski definition) is 2. The number of benzene rings is 3. The van der Waals surface area contributed by atoms with Crippen molar-refractivity contribution in [2.24, 2.45) is 0 Å². The molecule has 0 bridgehead atoms. The Labute approximate surface area is 174 Å². The predicted octanol–water partition coefficient (Wildman–Crippen LogP) is 6.37. The average Bonchev–Trinajstić information content (AvgIpc) is 2.80. The third-order valence-electron chi connectivity index (χ3n) is 5.03. The van der Waals surface area contributed by atoms with Crippen LogP contribution in [0.25, 0.3) is 0 Å². The molecule has 2 heteroatoms. The Kier molecular flexibility index (Phi) is 8.24. The van der Waals surface area contributed by atoms with Crippen molar-refractivity contribution in [2.45, 2.75) is 24.9 Å². The summed E-state index contributed by atoms with van der Waals surface area (Å²) in [5.74, 6) is 0. The summed E-state index contributed by atoms with van der Waals surface area (Å²) in [5.41, 5.74) is 2.81. The molecule has 29 heavy (non-hydrogen) atoms. The van der Waals surface area contributed by atoms with Crippen LogP contribution in [0.15, 0.2) is 104 Å². The van der Waals surface area contributed by atoms with Gasteiger partial charge in [-0.1, -0.05) is 97.1 Å². The molecule has 0 fully saturated rings. The zero-order valence-corrected chi connectivity index (χ0v) is 17.0. The molecule has 0 radical (unpaired) electrons. The molecule has 0 aliphatic rings. The second-order valence-electron chi connectivity index (χ2n) is 7.05. The second-order valence-corrected chi connectivity index (χ2v) is 7.05. The molecule has 0 amide bonds. The second kappa shape index (κ2) is 11.4. The molecule has 150 valence electrons. The average molecular weight is 387 g/mol. The van der Waals surface area contributed by atoms with Crippen molar-refractivity contribution >= 4 is 0 Å². The Balaban J connectivity index is 1.84. The van der Waals surface area contributed by atoms with E-state index in [4.69, 9.17) is 9.47 Å². The highest BCUT2D eigenvalue weighted by Crippen LogP contribution is 2.40. The van der Waals surface area contributed by atoms with Crippen LogP contribution in [0.5, 0.6) is 0 Å². The Morgan fingerprint density at radius 3 is 1.52 bits per heavy atom. The maximum Gasteiger partial charge on any atom is 0.143 e. The largest absolute Gasteiger partial charge is 0.377 e. The van der Waals surface area contributed by atoms with Crippen LogP contribution >= 0.6 is 0 Å². The lowest BCUT2D eigenvalue weighted by Crippen LogP contribution is -2.33. The van der Waals surface area contributed by atoms with Crippen molar-refractivity contribution in [3.8, 4) is 0 Å². The Bertz CT molecular complexity index is 732. The first-order chi connectivity index (χ1) is 14.4. The predicted molar refractivity (Wildman–Crippen MR) is 120 cm³/mol. The molecule has 0 saturated carbocycles. The molecule has 0 saturated heterocycles. The molecular formula is C27H30O2. The van der Waals surface area contributed by atoms with Crippen molar-refractivity contribution in [1.29, 1.82) is 0 Å². The highest BCUT2D eigenvalue weighted by atomic mass is 16.5. The van der Waals surface area contributed by atoms with Gasteiger partial charge in [-0.25, -0.2) is 0 Å². The molecule has 3 aromatic carbocycles. The fourth-order valence-corrected chi connectivity index (χ4v) is 3.64. The van der Waals surface area contributed by atoms with Gasteiger partial charge < -0.3 is 9.47 Å². The van der Waals surface area contributed by atoms with E-state index < -0.39 is 5.60 Å². The fraction of sp³-hybridized carbons (Fsp3) is 0.259. The number of unbranched alkanes of at least 4 members (excludes halogenated alkanes) is 2. The van der Waals surface area contributed by atoms with Gasteiger partial charge >= 0.3 is 0 Å². The first-order valence-electron chi connectivity index (χ1n) is 10.4. The van der Waals surface area contributed by atoms with E-state index in [-0.39, 0.29) is 0 Å². The maximum atomic E-state index is 6.76. The van der Waals surface area contributed by atoms with E-state index in [1.165, 1.54) is 0 Å². The normalized spacial score (nSPS) is 11.3. The Morgan fingerprint density at radius 2 is 1.07 bits per heavy atom. The summed E-state index contributed by atoms with van der Waals surface area (Å²) in [6.45, 7) is 5.75. The van der Waals surface area contributed by atoms with Crippen LogP contribution in [-0.4, -0.2) is 19.8 Å². The summed E-state index contributed by atoms with van der Waals surface area (Å²) in [5, 5.41) is 0. The van der Waals surface area contributed by atoms with Crippen LogP contribution in [-0.2, 0) is 15.1 Å². The van der Waals surface area contributed by atoms with Gasteiger partial charge in [-0.2, -0.15) is 0 Å². The summed E-state index contributed by atoms with van der Waals surface area (Å²) in [6.07, 6.45) is 4.89. The van der Waals surface area contributed by atoms with Crippen LogP contribution in [0.4, 0.5) is 0 Å². The van der Waals surface area contributed by atoms with E-state index in [1.54, 1.807) is 6.08 Å². The van der Waals surface area contributed by atoms with Gasteiger partial charge in [0.1, 0.15) is 5.60 Å². The van der Waals surface area contributed by atoms with E-state index in [0.29, 0.717) is 13.2 Å². The van der Waals surface area contributed by atoms with Gasteiger partial charge in [0, 0.05) is 13.2 Å². The monoisotopic (exact) mass is 386 g/mol. The van der Waals surface area contributed by atoms with Crippen molar-refractivity contribution in [3.63, 3.8) is 0 Å². The lowest BCUT2D eigenvalue weighted by atomic mass is 9.80. The molecular weight excluding hydrogens is 356 g/mol. The van der Waals surface area contributed by atoms with Gasteiger partial charge in [0.25, 0.3) is 0 Å². The Morgan fingerprint density at radius 1 is 0.621 bits per heavy atom. The zero-order chi connectivity index (χ0) is 20.2. The summed E-state index contributed by atoms with van der Waals surface area (Å²) in [7, 11) is 0. The highest BCUT2D eigenvalue weighted by Gasteiger charge is 2.37. The molecule has 0 unspecified atom stereocenters. The maximum absolute atomic E-state index is 6.76. The minimum atomic E-state index is -0.622. The number of ether oxygens (including phenoxy) is 2. The summed E-state index contributed by atoms with van der Waals surface area (Å²) >= 11 is 0. The van der Waals surface area contributed by atoms with Gasteiger partial charge in [-0.3, -0.25) is 0 Å². The van der Waals surface area contributed by atoms with Crippen molar-refractivity contribution in [2.75, 3.05) is 19.8 Å². The van der Waals surface area contributed by atoms with Gasteiger partial charge in [-0.05, 0) is 36.0 Å². The molecule has 0 N–H and O–H groups in total. The molecule has 3 rings (SSSR count). The molecule has 0 aromatic heterocycles. The lowest BCUT2D eigenvalue weighted by Gasteiger charge is -2.36. The molecule has 0 aliphatic carbocycles. The summed E-state index contributed by atoms with van der Waals surface area (Å²) in [4.78, 5) is 0. The molecule has 0 heterocycles. The quantitative estimate of drug-likeness (QED) is 0.205. The van der Waals surface area contributed by atoms with Crippen LogP contribution in [0, 0.1) is 0 Å². The van der Waals surface area contributed by atoms with Crippen molar-refractivity contribution < 1.29 is 9.47 Å². The SMILES string of the molecule is C=CCOCCCCCOC(c1ccccc1)(c1ccccc1)c1ccccc1. The smallest absolute Gasteiger partial charge is 0.143 e. The van der Waals surface area contributed by atoms with E-state index in [0.717, 1.165) is 42.6 Å². The van der Waals surface area contributed by atoms with E-state index in [9.17, 15) is 0 Å². The standard InChI is InChI=1S/C27H30O2/c1-2-21-28-22-13-6-14-23-29-27(24-15-7-3-8-16-24,25-17-9-4-10-18-25)26-19-11-5-12-20-26/h2-5,7-12,15-20H,1,6,13-14,21-23H2. The third kappa shape index (κ3) is 5.44. The van der Waals surface area contributed by atoms with Gasteiger partial charge in [0.2, 0.25) is 0 Å². The zero-order valence-electron chi connectivity index (χ0n) is 17.0.